The molecule has 18 heavy (non-hydrogen) atoms. The lowest BCUT2D eigenvalue weighted by Gasteiger charge is -2.06. The van der Waals surface area contributed by atoms with Crippen molar-refractivity contribution in [2.45, 2.75) is 19.8 Å². The summed E-state index contributed by atoms with van der Waals surface area (Å²) in [5.41, 5.74) is 3.59. The van der Waals surface area contributed by atoms with Gasteiger partial charge >= 0.3 is 0 Å². The summed E-state index contributed by atoms with van der Waals surface area (Å²) in [6, 6.07) is 5.45. The molecule has 0 bridgehead atoms. The Morgan fingerprint density at radius 1 is 1.39 bits per heavy atom. The molecule has 2 aromatic rings. The molecule has 0 N–H and O–H groups in total. The number of rotatable bonds is 3. The highest BCUT2D eigenvalue weighted by molar-refractivity contribution is 6.33. The van der Waals surface area contributed by atoms with Crippen molar-refractivity contribution in [3.8, 4) is 11.1 Å². The molecule has 0 atom stereocenters. The molecule has 0 saturated carbocycles. The van der Waals surface area contributed by atoms with Gasteiger partial charge in [0.05, 0.1) is 10.7 Å². The fourth-order valence-electron chi connectivity index (χ4n) is 1.94. The molecule has 1 heterocycles. The molecule has 0 amide bonds. The van der Waals surface area contributed by atoms with Crippen LogP contribution in [0.3, 0.4) is 0 Å². The van der Waals surface area contributed by atoms with Crippen LogP contribution in [0.15, 0.2) is 24.4 Å². The maximum atomic E-state index is 10.8. The smallest absolute Gasteiger partial charge is 0.151 e. The van der Waals surface area contributed by atoms with Crippen LogP contribution in [0.25, 0.3) is 11.1 Å². The Hall–Kier alpha value is -1.61. The van der Waals surface area contributed by atoms with Crippen LogP contribution in [-0.4, -0.2) is 16.1 Å². The van der Waals surface area contributed by atoms with Crippen LogP contribution in [0.2, 0.25) is 5.02 Å². The summed E-state index contributed by atoms with van der Waals surface area (Å²) in [7, 11) is 1.90. The summed E-state index contributed by atoms with van der Waals surface area (Å²) in [6.45, 7) is 4.21. The van der Waals surface area contributed by atoms with Gasteiger partial charge in [0.15, 0.2) is 6.29 Å². The lowest BCUT2D eigenvalue weighted by atomic mass is 9.99. The Labute approximate surface area is 111 Å². The zero-order valence-corrected chi connectivity index (χ0v) is 11.4. The first-order valence-electron chi connectivity index (χ1n) is 5.81. The van der Waals surface area contributed by atoms with E-state index in [1.807, 2.05) is 25.4 Å². The monoisotopic (exact) mass is 262 g/mol. The van der Waals surface area contributed by atoms with Crippen LogP contribution >= 0.6 is 11.6 Å². The summed E-state index contributed by atoms with van der Waals surface area (Å²) in [5, 5.41) is 4.94. The molecule has 1 aromatic carbocycles. The second-order valence-electron chi connectivity index (χ2n) is 4.61. The van der Waals surface area contributed by atoms with Gasteiger partial charge in [-0.3, -0.25) is 9.48 Å². The predicted octanol–water partition coefficient (Wildman–Crippen LogP) is 3.68. The zero-order chi connectivity index (χ0) is 13.3. The first-order chi connectivity index (χ1) is 8.52. The van der Waals surface area contributed by atoms with Gasteiger partial charge in [-0.25, -0.2) is 0 Å². The van der Waals surface area contributed by atoms with E-state index in [9.17, 15) is 4.79 Å². The lowest BCUT2D eigenvalue weighted by molar-refractivity contribution is 0.112. The number of aldehydes is 1. The minimum atomic E-state index is 0.339. The van der Waals surface area contributed by atoms with Crippen molar-refractivity contribution in [1.29, 1.82) is 0 Å². The highest BCUT2D eigenvalue weighted by Crippen LogP contribution is 2.30. The van der Waals surface area contributed by atoms with E-state index in [0.717, 1.165) is 23.1 Å². The van der Waals surface area contributed by atoms with E-state index >= 15 is 0 Å². The highest BCUT2D eigenvalue weighted by Gasteiger charge is 2.14. The lowest BCUT2D eigenvalue weighted by Crippen LogP contribution is -1.94. The molecule has 2 rings (SSSR count). The summed E-state index contributed by atoms with van der Waals surface area (Å²) >= 11 is 6.06. The van der Waals surface area contributed by atoms with Crippen molar-refractivity contribution in [2.24, 2.45) is 7.05 Å². The van der Waals surface area contributed by atoms with Crippen LogP contribution in [0, 0.1) is 0 Å². The number of nitrogens with zero attached hydrogens (tertiary/aromatic N) is 2. The van der Waals surface area contributed by atoms with Gasteiger partial charge in [-0.2, -0.15) is 5.10 Å². The maximum absolute atomic E-state index is 10.8. The van der Waals surface area contributed by atoms with E-state index in [4.69, 9.17) is 11.6 Å². The van der Waals surface area contributed by atoms with Crippen LogP contribution in [0.4, 0.5) is 0 Å². The third-order valence-electron chi connectivity index (χ3n) is 2.84. The van der Waals surface area contributed by atoms with Gasteiger partial charge in [-0.05, 0) is 23.6 Å². The third kappa shape index (κ3) is 2.31. The van der Waals surface area contributed by atoms with Crippen molar-refractivity contribution in [1.82, 2.24) is 9.78 Å². The molecule has 3 nitrogen and oxygen atoms in total. The number of hydrogen-bond acceptors (Lipinski definition) is 2. The first-order valence-corrected chi connectivity index (χ1v) is 6.19. The van der Waals surface area contributed by atoms with Gasteiger partial charge < -0.3 is 0 Å². The van der Waals surface area contributed by atoms with Gasteiger partial charge in [0.25, 0.3) is 0 Å². The predicted molar refractivity (Wildman–Crippen MR) is 73.1 cm³/mol. The summed E-state index contributed by atoms with van der Waals surface area (Å²) < 4.78 is 1.80. The van der Waals surface area contributed by atoms with E-state index in [0.29, 0.717) is 16.5 Å². The van der Waals surface area contributed by atoms with Gasteiger partial charge in [0.1, 0.15) is 0 Å². The molecule has 0 spiro atoms. The van der Waals surface area contributed by atoms with E-state index in [1.54, 1.807) is 10.7 Å². The molecule has 0 radical (unpaired) electrons. The van der Waals surface area contributed by atoms with Crippen LogP contribution in [-0.2, 0) is 7.05 Å². The molecular formula is C14H15ClN2O. The second kappa shape index (κ2) is 4.94. The van der Waals surface area contributed by atoms with Crippen molar-refractivity contribution in [2.75, 3.05) is 0 Å². The largest absolute Gasteiger partial charge is 0.298 e. The SMILES string of the molecule is CC(C)c1nn(C)cc1-c1ccc(C=O)c(Cl)c1. The van der Waals surface area contributed by atoms with E-state index in [-0.39, 0.29) is 0 Å². The summed E-state index contributed by atoms with van der Waals surface area (Å²) in [4.78, 5) is 10.8. The normalized spacial score (nSPS) is 10.9. The van der Waals surface area contributed by atoms with Crippen molar-refractivity contribution in [3.05, 3.63) is 40.7 Å². The standard InChI is InChI=1S/C14H15ClN2O/c1-9(2)14-12(7-17(3)16-14)10-4-5-11(8-18)13(15)6-10/h4-9H,1-3H3. The molecule has 0 aliphatic rings. The van der Waals surface area contributed by atoms with E-state index in [1.165, 1.54) is 0 Å². The Bertz CT molecular complexity index is 587. The minimum Gasteiger partial charge on any atom is -0.298 e. The second-order valence-corrected chi connectivity index (χ2v) is 5.02. The topological polar surface area (TPSA) is 34.9 Å². The molecule has 0 fully saturated rings. The van der Waals surface area contributed by atoms with Crippen molar-refractivity contribution in [3.63, 3.8) is 0 Å². The Kier molecular flexibility index (Phi) is 3.53. The number of carbonyl (C=O) groups is 1. The Morgan fingerprint density at radius 3 is 2.67 bits per heavy atom. The first kappa shape index (κ1) is 12.8. The van der Waals surface area contributed by atoms with Crippen LogP contribution in [0.5, 0.6) is 0 Å². The molecule has 0 aliphatic carbocycles. The van der Waals surface area contributed by atoms with Gasteiger partial charge in [0.2, 0.25) is 0 Å². The molecule has 4 heteroatoms. The molecule has 1 aromatic heterocycles. The van der Waals surface area contributed by atoms with Crippen molar-refractivity contribution >= 4 is 17.9 Å². The molecule has 94 valence electrons. The molecular weight excluding hydrogens is 248 g/mol. The summed E-state index contributed by atoms with van der Waals surface area (Å²) in [6.07, 6.45) is 2.74. The summed E-state index contributed by atoms with van der Waals surface area (Å²) in [5.74, 6) is 0.339. The maximum Gasteiger partial charge on any atom is 0.151 e. The van der Waals surface area contributed by atoms with Crippen molar-refractivity contribution < 1.29 is 4.79 Å². The Balaban J connectivity index is 2.55. The zero-order valence-electron chi connectivity index (χ0n) is 10.6. The van der Waals surface area contributed by atoms with Gasteiger partial charge in [0, 0.05) is 24.4 Å². The number of hydrogen-bond donors (Lipinski definition) is 0. The highest BCUT2D eigenvalue weighted by atomic mass is 35.5. The average Bonchev–Trinajstić information content (AvgIpc) is 2.71. The molecule has 0 aliphatic heterocycles. The molecule has 0 saturated heterocycles. The Morgan fingerprint density at radius 2 is 2.11 bits per heavy atom. The molecule has 0 unspecified atom stereocenters. The quantitative estimate of drug-likeness (QED) is 0.791. The fraction of sp³-hybridized carbons (Fsp3) is 0.286. The van der Waals surface area contributed by atoms with E-state index < -0.39 is 0 Å². The minimum absolute atomic E-state index is 0.339. The third-order valence-corrected chi connectivity index (χ3v) is 3.17. The van der Waals surface area contributed by atoms with Crippen LogP contribution < -0.4 is 0 Å². The fourth-order valence-corrected chi connectivity index (χ4v) is 2.17. The average molecular weight is 263 g/mol. The van der Waals surface area contributed by atoms with Gasteiger partial charge in [-0.15, -0.1) is 0 Å². The number of halogens is 1. The number of aromatic nitrogens is 2. The number of carbonyl (C=O) groups excluding carboxylic acids is 1. The number of benzene rings is 1. The van der Waals surface area contributed by atoms with Gasteiger partial charge in [-0.1, -0.05) is 31.5 Å². The van der Waals surface area contributed by atoms with Crippen LogP contribution in [0.1, 0.15) is 35.8 Å². The van der Waals surface area contributed by atoms with E-state index in [2.05, 4.69) is 18.9 Å². The number of aryl methyl sites for hydroxylation is 1.